The summed E-state index contributed by atoms with van der Waals surface area (Å²) in [5.74, 6) is 0.896. The maximum absolute atomic E-state index is 13.5. The molecule has 0 radical (unpaired) electrons. The summed E-state index contributed by atoms with van der Waals surface area (Å²) in [6.07, 6.45) is 1.12. The molecule has 1 aromatic rings. The van der Waals surface area contributed by atoms with Gasteiger partial charge in [0, 0.05) is 12.5 Å². The number of hydrogen-bond acceptors (Lipinski definition) is 1. The average Bonchev–Trinajstić information content (AvgIpc) is 2.66. The highest BCUT2D eigenvalue weighted by molar-refractivity contribution is 5.24. The summed E-state index contributed by atoms with van der Waals surface area (Å²) in [6.45, 7) is 4.11. The molecule has 2 atom stereocenters. The Bertz CT molecular complexity index is 311. The van der Waals surface area contributed by atoms with Crippen LogP contribution in [0.2, 0.25) is 0 Å². The van der Waals surface area contributed by atoms with Crippen LogP contribution in [0.25, 0.3) is 0 Å². The second-order valence-corrected chi connectivity index (χ2v) is 3.95. The van der Waals surface area contributed by atoms with E-state index in [9.17, 15) is 4.39 Å². The van der Waals surface area contributed by atoms with E-state index < -0.39 is 0 Å². The predicted octanol–water partition coefficient (Wildman–Crippen LogP) is 2.54. The van der Waals surface area contributed by atoms with Crippen LogP contribution < -0.4 is 5.32 Å². The number of halogens is 1. The summed E-state index contributed by atoms with van der Waals surface area (Å²) in [5.41, 5.74) is 0.879. The van der Waals surface area contributed by atoms with Crippen molar-refractivity contribution in [3.63, 3.8) is 0 Å². The van der Waals surface area contributed by atoms with Gasteiger partial charge >= 0.3 is 0 Å². The zero-order valence-electron chi connectivity index (χ0n) is 8.46. The van der Waals surface area contributed by atoms with Crippen LogP contribution in [0, 0.1) is 11.7 Å². The summed E-state index contributed by atoms with van der Waals surface area (Å²) >= 11 is 0. The van der Waals surface area contributed by atoms with Gasteiger partial charge in [0.2, 0.25) is 0 Å². The van der Waals surface area contributed by atoms with E-state index in [0.29, 0.717) is 11.8 Å². The van der Waals surface area contributed by atoms with Crippen molar-refractivity contribution in [3.05, 3.63) is 35.6 Å². The van der Waals surface area contributed by atoms with E-state index in [0.717, 1.165) is 25.1 Å². The molecular weight excluding hydrogens is 177 g/mol. The Morgan fingerprint density at radius 1 is 1.36 bits per heavy atom. The Morgan fingerprint density at radius 2 is 2.14 bits per heavy atom. The molecule has 1 aliphatic rings. The maximum atomic E-state index is 13.5. The number of rotatable bonds is 2. The molecule has 0 aliphatic carbocycles. The SMILES string of the molecule is CC[C@@H]1CNC[C@H]1c1ccccc1F. The molecule has 1 aliphatic heterocycles. The molecule has 0 unspecified atom stereocenters. The van der Waals surface area contributed by atoms with E-state index in [-0.39, 0.29) is 5.82 Å². The Balaban J connectivity index is 2.26. The summed E-state index contributed by atoms with van der Waals surface area (Å²) < 4.78 is 13.5. The molecule has 0 aromatic heterocycles. The van der Waals surface area contributed by atoms with Crippen LogP contribution in [0.15, 0.2) is 24.3 Å². The molecule has 1 aromatic carbocycles. The number of nitrogens with one attached hydrogen (secondary N) is 1. The Morgan fingerprint density at radius 3 is 2.86 bits per heavy atom. The Kier molecular flexibility index (Phi) is 2.82. The fourth-order valence-electron chi connectivity index (χ4n) is 2.30. The van der Waals surface area contributed by atoms with Gasteiger partial charge in [-0.25, -0.2) is 4.39 Å². The minimum absolute atomic E-state index is 0.0559. The molecule has 1 nitrogen and oxygen atoms in total. The number of benzene rings is 1. The summed E-state index contributed by atoms with van der Waals surface area (Å²) in [6, 6.07) is 7.14. The first-order valence-corrected chi connectivity index (χ1v) is 5.28. The van der Waals surface area contributed by atoms with Crippen LogP contribution in [-0.2, 0) is 0 Å². The molecule has 0 spiro atoms. The lowest BCUT2D eigenvalue weighted by Gasteiger charge is -2.17. The van der Waals surface area contributed by atoms with Gasteiger partial charge < -0.3 is 5.32 Å². The molecule has 76 valence electrons. The Labute approximate surface area is 84.3 Å². The first-order chi connectivity index (χ1) is 6.83. The predicted molar refractivity (Wildman–Crippen MR) is 55.8 cm³/mol. The van der Waals surface area contributed by atoms with Gasteiger partial charge in [-0.15, -0.1) is 0 Å². The molecule has 0 bridgehead atoms. The molecule has 2 heteroatoms. The van der Waals surface area contributed by atoms with Gasteiger partial charge in [0.25, 0.3) is 0 Å². The second-order valence-electron chi connectivity index (χ2n) is 3.95. The Hall–Kier alpha value is -0.890. The first kappa shape index (κ1) is 9.66. The third-order valence-electron chi connectivity index (χ3n) is 3.17. The lowest BCUT2D eigenvalue weighted by Crippen LogP contribution is -2.11. The normalized spacial score (nSPS) is 26.7. The molecule has 1 N–H and O–H groups in total. The van der Waals surface area contributed by atoms with Gasteiger partial charge in [-0.3, -0.25) is 0 Å². The minimum atomic E-state index is -0.0559. The van der Waals surface area contributed by atoms with Crippen LogP contribution in [-0.4, -0.2) is 13.1 Å². The molecule has 0 saturated carbocycles. The highest BCUT2D eigenvalue weighted by atomic mass is 19.1. The lowest BCUT2D eigenvalue weighted by atomic mass is 9.87. The summed E-state index contributed by atoms with van der Waals surface area (Å²) in [5, 5.41) is 3.33. The van der Waals surface area contributed by atoms with Crippen molar-refractivity contribution in [1.29, 1.82) is 0 Å². The third kappa shape index (κ3) is 1.67. The standard InChI is InChI=1S/C12H16FN/c1-2-9-7-14-8-11(9)10-5-3-4-6-12(10)13/h3-6,9,11,14H,2,7-8H2,1H3/t9-,11-/m1/s1. The van der Waals surface area contributed by atoms with E-state index in [2.05, 4.69) is 12.2 Å². The van der Waals surface area contributed by atoms with Gasteiger partial charge in [-0.05, 0) is 24.1 Å². The zero-order chi connectivity index (χ0) is 9.97. The fraction of sp³-hybridized carbons (Fsp3) is 0.500. The summed E-state index contributed by atoms with van der Waals surface area (Å²) in [4.78, 5) is 0. The number of hydrogen-bond donors (Lipinski definition) is 1. The van der Waals surface area contributed by atoms with Crippen molar-refractivity contribution >= 4 is 0 Å². The quantitative estimate of drug-likeness (QED) is 0.761. The smallest absolute Gasteiger partial charge is 0.126 e. The highest BCUT2D eigenvalue weighted by Crippen LogP contribution is 2.31. The minimum Gasteiger partial charge on any atom is -0.316 e. The van der Waals surface area contributed by atoms with E-state index in [4.69, 9.17) is 0 Å². The molecule has 2 rings (SSSR count). The zero-order valence-corrected chi connectivity index (χ0v) is 8.46. The van der Waals surface area contributed by atoms with Crippen LogP contribution in [0.5, 0.6) is 0 Å². The van der Waals surface area contributed by atoms with E-state index in [1.165, 1.54) is 0 Å². The average molecular weight is 193 g/mol. The van der Waals surface area contributed by atoms with Crippen molar-refractivity contribution < 1.29 is 4.39 Å². The monoisotopic (exact) mass is 193 g/mol. The van der Waals surface area contributed by atoms with Crippen molar-refractivity contribution in [2.24, 2.45) is 5.92 Å². The van der Waals surface area contributed by atoms with Crippen LogP contribution in [0.3, 0.4) is 0 Å². The molecule has 1 saturated heterocycles. The largest absolute Gasteiger partial charge is 0.316 e. The van der Waals surface area contributed by atoms with Gasteiger partial charge in [-0.1, -0.05) is 31.5 Å². The fourth-order valence-corrected chi connectivity index (χ4v) is 2.30. The van der Waals surface area contributed by atoms with Gasteiger partial charge in [0.1, 0.15) is 5.82 Å². The molecule has 1 fully saturated rings. The van der Waals surface area contributed by atoms with Crippen molar-refractivity contribution in [2.75, 3.05) is 13.1 Å². The van der Waals surface area contributed by atoms with Crippen LogP contribution in [0.4, 0.5) is 4.39 Å². The van der Waals surface area contributed by atoms with E-state index >= 15 is 0 Å². The topological polar surface area (TPSA) is 12.0 Å². The maximum Gasteiger partial charge on any atom is 0.126 e. The van der Waals surface area contributed by atoms with E-state index in [1.54, 1.807) is 12.1 Å². The van der Waals surface area contributed by atoms with Crippen molar-refractivity contribution in [3.8, 4) is 0 Å². The van der Waals surface area contributed by atoms with Gasteiger partial charge in [-0.2, -0.15) is 0 Å². The highest BCUT2D eigenvalue weighted by Gasteiger charge is 2.28. The molecule has 14 heavy (non-hydrogen) atoms. The molecular formula is C12H16FN. The lowest BCUT2D eigenvalue weighted by molar-refractivity contribution is 0.481. The summed E-state index contributed by atoms with van der Waals surface area (Å²) in [7, 11) is 0. The van der Waals surface area contributed by atoms with Gasteiger partial charge in [0.15, 0.2) is 0 Å². The second kappa shape index (κ2) is 4.09. The third-order valence-corrected chi connectivity index (χ3v) is 3.17. The van der Waals surface area contributed by atoms with E-state index in [1.807, 2.05) is 12.1 Å². The van der Waals surface area contributed by atoms with Crippen LogP contribution in [0.1, 0.15) is 24.8 Å². The first-order valence-electron chi connectivity index (χ1n) is 5.28. The van der Waals surface area contributed by atoms with Crippen molar-refractivity contribution in [1.82, 2.24) is 5.32 Å². The van der Waals surface area contributed by atoms with Gasteiger partial charge in [0.05, 0.1) is 0 Å². The molecule has 1 heterocycles. The molecule has 0 amide bonds. The van der Waals surface area contributed by atoms with Crippen molar-refractivity contribution in [2.45, 2.75) is 19.3 Å². The van der Waals surface area contributed by atoms with Crippen LogP contribution >= 0.6 is 0 Å².